The highest BCUT2D eigenvalue weighted by atomic mass is 32.2. The van der Waals surface area contributed by atoms with Gasteiger partial charge >= 0.3 is 0 Å². The molecule has 0 atom stereocenters. The maximum atomic E-state index is 12.2. The van der Waals surface area contributed by atoms with Gasteiger partial charge in [-0.2, -0.15) is 0 Å². The number of hydrogen-bond acceptors (Lipinski definition) is 3. The van der Waals surface area contributed by atoms with Crippen LogP contribution in [0.5, 0.6) is 0 Å². The van der Waals surface area contributed by atoms with Gasteiger partial charge in [-0.3, -0.25) is 4.79 Å². The number of carbonyl (C=O) groups is 1. The van der Waals surface area contributed by atoms with Gasteiger partial charge < -0.3 is 4.57 Å². The highest BCUT2D eigenvalue weighted by Gasteiger charge is 2.22. The highest BCUT2D eigenvalue weighted by molar-refractivity contribution is 7.99. The van der Waals surface area contributed by atoms with Crippen LogP contribution in [0.1, 0.15) is 15.8 Å². The Hall–Kier alpha value is -1.12. The molecule has 80 valence electrons. The van der Waals surface area contributed by atoms with Crippen LogP contribution >= 0.6 is 20.1 Å². The van der Waals surface area contributed by atoms with Crippen molar-refractivity contribution in [3.8, 4) is 0 Å². The zero-order valence-electron chi connectivity index (χ0n) is 8.46. The van der Waals surface area contributed by atoms with Crippen molar-refractivity contribution in [3.63, 3.8) is 0 Å². The Morgan fingerprint density at radius 1 is 1.38 bits per heavy atom. The van der Waals surface area contributed by atoms with E-state index in [4.69, 9.17) is 0 Å². The molecule has 0 saturated heterocycles. The summed E-state index contributed by atoms with van der Waals surface area (Å²) in [6, 6.07) is 9.40. The number of rotatable bonds is 2. The lowest BCUT2D eigenvalue weighted by Gasteiger charge is -2.02. The van der Waals surface area contributed by atoms with Gasteiger partial charge in [0.15, 0.2) is 5.16 Å². The first-order valence-electron chi connectivity index (χ1n) is 5.02. The zero-order chi connectivity index (χ0) is 11.0. The number of ketones is 1. The van der Waals surface area contributed by atoms with Crippen molar-refractivity contribution in [3.05, 3.63) is 41.3 Å². The monoisotopic (exact) mass is 248 g/mol. The van der Waals surface area contributed by atoms with E-state index < -0.39 is 0 Å². The molecule has 0 unspecified atom stereocenters. The van der Waals surface area contributed by atoms with E-state index in [1.165, 1.54) is 0 Å². The van der Waals surface area contributed by atoms with Crippen molar-refractivity contribution >= 4 is 25.9 Å². The van der Waals surface area contributed by atoms with Gasteiger partial charge in [0.25, 0.3) is 0 Å². The minimum absolute atomic E-state index is 0.100. The molecule has 0 N–H and O–H groups in total. The van der Waals surface area contributed by atoms with Crippen molar-refractivity contribution in [2.24, 2.45) is 0 Å². The molecular weight excluding hydrogens is 239 g/mol. The summed E-state index contributed by atoms with van der Waals surface area (Å²) in [6.45, 7) is 0.907. The molecular formula is C11H9N2OPS. The first-order chi connectivity index (χ1) is 7.86. The number of benzene rings is 1. The van der Waals surface area contributed by atoms with Crippen molar-refractivity contribution in [1.29, 1.82) is 0 Å². The first kappa shape index (κ1) is 10.1. The van der Waals surface area contributed by atoms with Crippen molar-refractivity contribution in [2.75, 3.05) is 5.75 Å². The summed E-state index contributed by atoms with van der Waals surface area (Å²) in [6.07, 6.45) is 0. The van der Waals surface area contributed by atoms with Crippen LogP contribution < -0.4 is 0 Å². The Morgan fingerprint density at radius 2 is 2.19 bits per heavy atom. The third kappa shape index (κ3) is 1.58. The number of hydrogen-bond donors (Lipinski definition) is 0. The summed E-state index contributed by atoms with van der Waals surface area (Å²) in [5.74, 6) is 1.13. The van der Waals surface area contributed by atoms with Gasteiger partial charge in [0, 0.05) is 17.9 Å². The topological polar surface area (TPSA) is 34.9 Å². The van der Waals surface area contributed by atoms with Gasteiger partial charge in [-0.15, -0.1) is 0 Å². The molecule has 0 amide bonds. The number of carbonyl (C=O) groups excluding carboxylic acids is 1. The van der Waals surface area contributed by atoms with Crippen LogP contribution in [0, 0.1) is 0 Å². The lowest BCUT2D eigenvalue weighted by Crippen LogP contribution is -2.07. The van der Waals surface area contributed by atoms with Crippen molar-refractivity contribution in [2.45, 2.75) is 11.7 Å². The van der Waals surface area contributed by atoms with Crippen LogP contribution in [-0.4, -0.2) is 20.8 Å². The predicted octanol–water partition coefficient (Wildman–Crippen LogP) is 2.80. The second-order valence-electron chi connectivity index (χ2n) is 3.50. The van der Waals surface area contributed by atoms with Crippen LogP contribution in [0.15, 0.2) is 35.5 Å². The molecule has 0 saturated carbocycles. The SMILES string of the molecule is O=C(c1ccccc1)c1pnc2n1CCS2. The number of thioether (sulfide) groups is 1. The molecule has 3 rings (SSSR count). The third-order valence-corrected chi connectivity index (χ3v) is 4.52. The van der Waals surface area contributed by atoms with Gasteiger partial charge in [0.1, 0.15) is 5.43 Å². The number of aromatic nitrogens is 2. The normalized spacial score (nSPS) is 14.2. The molecule has 16 heavy (non-hydrogen) atoms. The van der Waals surface area contributed by atoms with Crippen LogP contribution in [0.3, 0.4) is 0 Å². The second-order valence-corrected chi connectivity index (χ2v) is 5.39. The molecule has 5 heteroatoms. The third-order valence-electron chi connectivity index (χ3n) is 2.50. The molecule has 0 aliphatic carbocycles. The number of nitrogens with zero attached hydrogens (tertiary/aromatic N) is 2. The highest BCUT2D eigenvalue weighted by Crippen LogP contribution is 2.31. The van der Waals surface area contributed by atoms with E-state index in [1.54, 1.807) is 11.8 Å². The molecule has 1 aliphatic rings. The molecule has 0 fully saturated rings. The quantitative estimate of drug-likeness (QED) is 0.766. The summed E-state index contributed by atoms with van der Waals surface area (Å²) in [4.78, 5) is 12.2. The maximum Gasteiger partial charge on any atom is 0.215 e. The summed E-state index contributed by atoms with van der Waals surface area (Å²) in [7, 11) is 0.791. The number of fused-ring (bicyclic) bond motifs is 1. The van der Waals surface area contributed by atoms with E-state index in [-0.39, 0.29) is 5.78 Å². The van der Waals surface area contributed by atoms with Crippen molar-refractivity contribution < 1.29 is 4.79 Å². The largest absolute Gasteiger partial charge is 0.311 e. The van der Waals surface area contributed by atoms with Crippen LogP contribution in [0.4, 0.5) is 0 Å². The molecule has 3 nitrogen and oxygen atoms in total. The Labute approximate surface area is 99.1 Å². The average Bonchev–Trinajstić information content (AvgIpc) is 2.91. The lowest BCUT2D eigenvalue weighted by molar-refractivity contribution is 0.103. The molecule has 2 aromatic rings. The molecule has 0 bridgehead atoms. The Morgan fingerprint density at radius 3 is 3.00 bits per heavy atom. The van der Waals surface area contributed by atoms with Gasteiger partial charge in [0.05, 0.1) is 8.35 Å². The van der Waals surface area contributed by atoms with Gasteiger partial charge in [0.2, 0.25) is 5.78 Å². The van der Waals surface area contributed by atoms with E-state index in [9.17, 15) is 4.79 Å². The lowest BCUT2D eigenvalue weighted by atomic mass is 10.1. The van der Waals surface area contributed by atoms with E-state index in [1.807, 2.05) is 34.9 Å². The standard InChI is InChI=1S/C11H9N2OPS/c14-9(8-4-2-1-3-5-8)10-13-6-7-16-11(13)12-15-10/h1-5H,6-7H2. The van der Waals surface area contributed by atoms with E-state index in [0.717, 1.165) is 36.8 Å². The van der Waals surface area contributed by atoms with E-state index in [0.29, 0.717) is 0 Å². The minimum atomic E-state index is 0.100. The van der Waals surface area contributed by atoms with Crippen LogP contribution in [0.2, 0.25) is 0 Å². The summed E-state index contributed by atoms with van der Waals surface area (Å²) in [5.41, 5.74) is 1.55. The van der Waals surface area contributed by atoms with Gasteiger partial charge in [-0.25, -0.2) is 4.75 Å². The zero-order valence-corrected chi connectivity index (χ0v) is 10.2. The molecule has 1 aromatic carbocycles. The minimum Gasteiger partial charge on any atom is -0.311 e. The molecule has 1 aromatic heterocycles. The van der Waals surface area contributed by atoms with Crippen molar-refractivity contribution in [1.82, 2.24) is 9.31 Å². The Kier molecular flexibility index (Phi) is 2.54. The summed E-state index contributed by atoms with van der Waals surface area (Å²) in [5, 5.41) is 1.00. The molecule has 0 radical (unpaired) electrons. The second kappa shape index (κ2) is 4.04. The Bertz CT molecular complexity index is 538. The average molecular weight is 248 g/mol. The fourth-order valence-corrected chi connectivity index (χ4v) is 3.74. The maximum absolute atomic E-state index is 12.2. The van der Waals surface area contributed by atoms with Crippen LogP contribution in [-0.2, 0) is 6.54 Å². The van der Waals surface area contributed by atoms with Gasteiger partial charge in [-0.1, -0.05) is 42.1 Å². The fraction of sp³-hybridized carbons (Fsp3) is 0.182. The smallest absolute Gasteiger partial charge is 0.215 e. The molecule has 1 aliphatic heterocycles. The predicted molar refractivity (Wildman–Crippen MR) is 65.3 cm³/mol. The van der Waals surface area contributed by atoms with Gasteiger partial charge in [-0.05, 0) is 0 Å². The Balaban J connectivity index is 2.02. The summed E-state index contributed by atoms with van der Waals surface area (Å²) < 4.78 is 6.39. The van der Waals surface area contributed by atoms with E-state index >= 15 is 0 Å². The molecule has 2 heterocycles. The molecule has 0 spiro atoms. The van der Waals surface area contributed by atoms with E-state index in [2.05, 4.69) is 4.75 Å². The van der Waals surface area contributed by atoms with Crippen LogP contribution in [0.25, 0.3) is 0 Å². The first-order valence-corrected chi connectivity index (χ1v) is 6.85. The fourth-order valence-electron chi connectivity index (χ4n) is 1.71. The summed E-state index contributed by atoms with van der Waals surface area (Å²) >= 11 is 1.73.